The second-order valence-electron chi connectivity index (χ2n) is 11.2. The van der Waals surface area contributed by atoms with E-state index in [0.29, 0.717) is 17.5 Å². The molecule has 41 heavy (non-hydrogen) atoms. The molecule has 2 unspecified atom stereocenters. The molecule has 3 aliphatic heterocycles. The summed E-state index contributed by atoms with van der Waals surface area (Å²) in [4.78, 5) is 54.0. The molecular weight excluding hydrogens is 536 g/mol. The number of fused-ring (bicyclic) bond motifs is 5. The minimum atomic E-state index is -1.61. The predicted molar refractivity (Wildman–Crippen MR) is 143 cm³/mol. The van der Waals surface area contributed by atoms with E-state index in [-0.39, 0.29) is 17.9 Å². The van der Waals surface area contributed by atoms with Gasteiger partial charge in [-0.05, 0) is 38.5 Å². The molecule has 5 rings (SSSR count). The van der Waals surface area contributed by atoms with Crippen molar-refractivity contribution in [1.82, 2.24) is 4.90 Å². The number of piperazine rings is 1. The van der Waals surface area contributed by atoms with Crippen LogP contribution in [-0.2, 0) is 35.8 Å². The van der Waals surface area contributed by atoms with Gasteiger partial charge in [0.1, 0.15) is 48.5 Å². The van der Waals surface area contributed by atoms with Crippen molar-refractivity contribution in [2.24, 2.45) is 0 Å². The van der Waals surface area contributed by atoms with Crippen molar-refractivity contribution in [2.45, 2.75) is 62.7 Å². The van der Waals surface area contributed by atoms with E-state index in [1.54, 1.807) is 25.7 Å². The van der Waals surface area contributed by atoms with E-state index in [4.69, 9.17) is 18.9 Å². The highest BCUT2D eigenvalue weighted by Gasteiger charge is 2.76. The highest BCUT2D eigenvalue weighted by Crippen LogP contribution is 2.60. The summed E-state index contributed by atoms with van der Waals surface area (Å²) in [7, 11) is 2.38. The van der Waals surface area contributed by atoms with Gasteiger partial charge in [0.05, 0.1) is 31.9 Å². The summed E-state index contributed by atoms with van der Waals surface area (Å²) in [6, 6.07) is 9.97. The number of carbonyl (C=O) groups excluding carboxylic acids is 4. The zero-order valence-corrected chi connectivity index (χ0v) is 23.4. The van der Waals surface area contributed by atoms with Gasteiger partial charge in [0.25, 0.3) is 0 Å². The number of aliphatic hydroxyl groups excluding tert-OH is 1. The van der Waals surface area contributed by atoms with Crippen molar-refractivity contribution in [2.75, 3.05) is 25.7 Å². The van der Waals surface area contributed by atoms with Crippen LogP contribution in [0.2, 0.25) is 0 Å². The Labute approximate surface area is 236 Å². The Morgan fingerprint density at radius 1 is 1.05 bits per heavy atom. The Bertz CT molecular complexity index is 1370. The molecule has 0 saturated carbocycles. The molecule has 12 heteroatoms. The van der Waals surface area contributed by atoms with Crippen LogP contribution in [0.25, 0.3) is 0 Å². The van der Waals surface area contributed by atoms with E-state index in [2.05, 4.69) is 4.74 Å². The molecule has 0 spiro atoms. The van der Waals surface area contributed by atoms with Crippen LogP contribution in [0.15, 0.2) is 42.5 Å². The molecule has 0 bridgehead atoms. The average Bonchev–Trinajstić information content (AvgIpc) is 3.52. The van der Waals surface area contributed by atoms with E-state index < -0.39 is 60.2 Å². The van der Waals surface area contributed by atoms with Crippen molar-refractivity contribution in [3.63, 3.8) is 0 Å². The van der Waals surface area contributed by atoms with Crippen molar-refractivity contribution >= 4 is 30.2 Å². The van der Waals surface area contributed by atoms with Crippen LogP contribution >= 0.6 is 0 Å². The Hall–Kier alpha value is -4.32. The zero-order valence-electron chi connectivity index (χ0n) is 23.4. The van der Waals surface area contributed by atoms with Gasteiger partial charge < -0.3 is 38.5 Å². The lowest BCUT2D eigenvalue weighted by Gasteiger charge is -2.35. The third-order valence-corrected chi connectivity index (χ3v) is 7.54. The Balaban J connectivity index is 1.63. The number of methoxy groups -OCH3 is 2. The summed E-state index contributed by atoms with van der Waals surface area (Å²) in [5.41, 5.74) is -0.823. The molecule has 2 saturated heterocycles. The lowest BCUT2D eigenvalue weighted by molar-refractivity contribution is -0.115. The van der Waals surface area contributed by atoms with Crippen LogP contribution in [0.4, 0.5) is 15.3 Å². The van der Waals surface area contributed by atoms with Crippen molar-refractivity contribution in [1.29, 1.82) is 0 Å². The molecule has 2 aromatic carbocycles. The topological polar surface area (TPSA) is 141 Å². The fraction of sp³-hybridized carbons (Fsp3) is 0.448. The third kappa shape index (κ3) is 4.71. The van der Waals surface area contributed by atoms with Gasteiger partial charge in [0.2, 0.25) is 0 Å². The number of esters is 1. The number of anilines is 1. The van der Waals surface area contributed by atoms with E-state index in [1.165, 1.54) is 24.1 Å². The number of hydrogen-bond acceptors (Lipinski definition) is 11. The summed E-state index contributed by atoms with van der Waals surface area (Å²) >= 11 is 0. The fourth-order valence-electron chi connectivity index (χ4n) is 5.89. The monoisotopic (exact) mass is 568 g/mol. The van der Waals surface area contributed by atoms with E-state index >= 15 is 0 Å². The lowest BCUT2D eigenvalue weighted by atomic mass is 9.76. The largest absolute Gasteiger partial charge is 0.508 e. The molecule has 0 radical (unpaired) electrons. The quantitative estimate of drug-likeness (QED) is 0.228. The SMILES string of the molecule is COC(=O)OC[C@@]1(C=O)c2c(OCc3ccccc3)cc(C(=O)OC)cc2N2C(O)[C@H]3[C@@H](C21)N3C(=O)OC(C)(C)C. The Morgan fingerprint density at radius 2 is 1.76 bits per heavy atom. The van der Waals surface area contributed by atoms with E-state index in [1.807, 2.05) is 30.3 Å². The lowest BCUT2D eigenvalue weighted by Crippen LogP contribution is -2.54. The van der Waals surface area contributed by atoms with Crippen molar-refractivity contribution in [3.05, 3.63) is 59.2 Å². The molecule has 0 aromatic heterocycles. The molecule has 0 aliphatic carbocycles. The molecule has 3 heterocycles. The summed E-state index contributed by atoms with van der Waals surface area (Å²) in [5.74, 6) is -0.493. The Morgan fingerprint density at radius 3 is 2.37 bits per heavy atom. The first-order valence-electron chi connectivity index (χ1n) is 13.1. The van der Waals surface area contributed by atoms with Gasteiger partial charge in [-0.25, -0.2) is 14.4 Å². The highest BCUT2D eigenvalue weighted by atomic mass is 16.7. The third-order valence-electron chi connectivity index (χ3n) is 7.54. The van der Waals surface area contributed by atoms with Gasteiger partial charge >= 0.3 is 18.2 Å². The standard InChI is InChI=1S/C29H32N2O10/c1-28(2,3)41-26(35)31-21-22(31)24(33)30-18-11-17(25(34)37-4)12-19(39-13-16-9-7-6-8-10-16)20(18)29(14-32,23(21)30)15-40-27(36)38-5/h6-12,14,21-24,33H,13,15H2,1-5H3/t21-,22+,23?,24?,29-,31?/m0/s1. The van der Waals surface area contributed by atoms with Gasteiger partial charge in [0, 0.05) is 11.3 Å². The van der Waals surface area contributed by atoms with Crippen molar-refractivity contribution < 1.29 is 48.0 Å². The number of carbonyl (C=O) groups is 4. The molecule has 3 aliphatic rings. The van der Waals surface area contributed by atoms with Crippen LogP contribution in [0, 0.1) is 0 Å². The molecule has 218 valence electrons. The first kappa shape index (κ1) is 28.2. The second-order valence-corrected chi connectivity index (χ2v) is 11.2. The van der Waals surface area contributed by atoms with Crippen LogP contribution in [0.3, 0.4) is 0 Å². The first-order valence-corrected chi connectivity index (χ1v) is 13.1. The number of benzene rings is 2. The van der Waals surface area contributed by atoms with Gasteiger partial charge in [-0.15, -0.1) is 0 Å². The maximum Gasteiger partial charge on any atom is 0.508 e. The van der Waals surface area contributed by atoms with Gasteiger partial charge in [-0.2, -0.15) is 0 Å². The molecule has 5 atom stereocenters. The summed E-state index contributed by atoms with van der Waals surface area (Å²) in [6.07, 6.45) is -2.29. The van der Waals surface area contributed by atoms with Crippen LogP contribution in [-0.4, -0.2) is 85.3 Å². The molecule has 1 N–H and O–H groups in total. The average molecular weight is 569 g/mol. The predicted octanol–water partition coefficient (Wildman–Crippen LogP) is 2.78. The number of aldehydes is 1. The summed E-state index contributed by atoms with van der Waals surface area (Å²) in [6.45, 7) is 4.79. The van der Waals surface area contributed by atoms with Crippen LogP contribution in [0.1, 0.15) is 42.3 Å². The van der Waals surface area contributed by atoms with E-state index in [0.717, 1.165) is 12.7 Å². The fourth-order valence-corrected chi connectivity index (χ4v) is 5.89. The van der Waals surface area contributed by atoms with E-state index in [9.17, 15) is 24.3 Å². The Kier molecular flexibility index (Phi) is 7.06. The van der Waals surface area contributed by atoms with Gasteiger partial charge in [0.15, 0.2) is 0 Å². The number of aliphatic hydroxyl groups is 1. The minimum Gasteiger partial charge on any atom is -0.488 e. The molecule has 1 amide bonds. The summed E-state index contributed by atoms with van der Waals surface area (Å²) < 4.78 is 26.7. The minimum absolute atomic E-state index is 0.0913. The maximum atomic E-state index is 13.2. The van der Waals surface area contributed by atoms with Gasteiger partial charge in [-0.1, -0.05) is 30.3 Å². The molecule has 2 fully saturated rings. The molecular formula is C29H32N2O10. The highest BCUT2D eigenvalue weighted by molar-refractivity contribution is 5.95. The van der Waals surface area contributed by atoms with Crippen molar-refractivity contribution in [3.8, 4) is 5.75 Å². The molecule has 12 nitrogen and oxygen atoms in total. The number of nitrogens with zero attached hydrogens (tertiary/aromatic N) is 2. The van der Waals surface area contributed by atoms with Crippen LogP contribution < -0.4 is 9.64 Å². The van der Waals surface area contributed by atoms with Gasteiger partial charge in [-0.3, -0.25) is 4.90 Å². The molecule has 2 aromatic rings. The smallest absolute Gasteiger partial charge is 0.488 e. The zero-order chi connectivity index (χ0) is 29.7. The maximum absolute atomic E-state index is 13.2. The number of rotatable bonds is 7. The normalized spacial score (nSPS) is 25.4. The summed E-state index contributed by atoms with van der Waals surface area (Å²) in [5, 5.41) is 11.5. The van der Waals surface area contributed by atoms with Crippen LogP contribution in [0.5, 0.6) is 5.75 Å². The number of hydrogen-bond donors (Lipinski definition) is 1. The number of ether oxygens (including phenoxy) is 5. The number of amides is 1. The second kappa shape index (κ2) is 10.3. The first-order chi connectivity index (χ1) is 19.5.